The highest BCUT2D eigenvalue weighted by Gasteiger charge is 2.11. The van der Waals surface area contributed by atoms with Crippen LogP contribution in [0.4, 0.5) is 0 Å². The third-order valence-corrected chi connectivity index (χ3v) is 2.92. The highest BCUT2D eigenvalue weighted by Crippen LogP contribution is 2.20. The third-order valence-electron chi connectivity index (χ3n) is 2.59. The second kappa shape index (κ2) is 6.12. The van der Waals surface area contributed by atoms with E-state index in [9.17, 15) is 0 Å². The average Bonchev–Trinajstić information content (AvgIpc) is 2.46. The van der Waals surface area contributed by atoms with E-state index >= 15 is 0 Å². The topological polar surface area (TPSA) is 9.23 Å². The molecule has 1 nitrogen and oxygen atoms in total. The van der Waals surface area contributed by atoms with Crippen molar-refractivity contribution >= 4 is 17.3 Å². The molecule has 0 aromatic heterocycles. The lowest BCUT2D eigenvalue weighted by atomic mass is 10.1. The molecule has 1 atom stereocenters. The van der Waals surface area contributed by atoms with E-state index in [0.29, 0.717) is 5.05 Å². The molecule has 2 rings (SSSR count). The Morgan fingerprint density at radius 3 is 2.11 bits per heavy atom. The van der Waals surface area contributed by atoms with Crippen molar-refractivity contribution in [1.82, 2.24) is 0 Å². The van der Waals surface area contributed by atoms with Gasteiger partial charge in [0.15, 0.2) is 5.05 Å². The highest BCUT2D eigenvalue weighted by molar-refractivity contribution is 7.80. The molecular formula is C16H14OS. The van der Waals surface area contributed by atoms with E-state index in [1.165, 1.54) is 0 Å². The number of ether oxygens (including phenoxy) is 1. The number of hydrogen-bond acceptors (Lipinski definition) is 2. The van der Waals surface area contributed by atoms with Crippen molar-refractivity contribution in [3.05, 3.63) is 84.4 Å². The van der Waals surface area contributed by atoms with E-state index in [4.69, 9.17) is 17.0 Å². The Morgan fingerprint density at radius 1 is 1.00 bits per heavy atom. The van der Waals surface area contributed by atoms with Crippen LogP contribution >= 0.6 is 12.2 Å². The fourth-order valence-corrected chi connectivity index (χ4v) is 1.89. The van der Waals surface area contributed by atoms with Gasteiger partial charge in [-0.05, 0) is 23.9 Å². The number of rotatable bonds is 4. The van der Waals surface area contributed by atoms with Crippen molar-refractivity contribution in [3.8, 4) is 0 Å². The summed E-state index contributed by atoms with van der Waals surface area (Å²) in [6.45, 7) is 3.80. The van der Waals surface area contributed by atoms with E-state index < -0.39 is 0 Å². The van der Waals surface area contributed by atoms with Gasteiger partial charge in [0.1, 0.15) is 6.10 Å². The molecule has 18 heavy (non-hydrogen) atoms. The van der Waals surface area contributed by atoms with Gasteiger partial charge in [-0.1, -0.05) is 67.2 Å². The maximum Gasteiger partial charge on any atom is 0.192 e. The van der Waals surface area contributed by atoms with Crippen LogP contribution < -0.4 is 0 Å². The normalized spacial score (nSPS) is 11.6. The molecule has 0 amide bonds. The first-order valence-corrected chi connectivity index (χ1v) is 6.15. The van der Waals surface area contributed by atoms with Crippen LogP contribution in [0.2, 0.25) is 0 Å². The van der Waals surface area contributed by atoms with Crippen LogP contribution in [-0.4, -0.2) is 5.05 Å². The minimum atomic E-state index is -0.209. The summed E-state index contributed by atoms with van der Waals surface area (Å²) >= 11 is 5.29. The Balaban J connectivity index is 2.13. The predicted molar refractivity (Wildman–Crippen MR) is 78.6 cm³/mol. The summed E-state index contributed by atoms with van der Waals surface area (Å²) in [5.41, 5.74) is 1.96. The molecular weight excluding hydrogens is 240 g/mol. The van der Waals surface area contributed by atoms with Gasteiger partial charge in [-0.25, -0.2) is 0 Å². The van der Waals surface area contributed by atoms with E-state index in [-0.39, 0.29) is 6.10 Å². The lowest BCUT2D eigenvalue weighted by molar-refractivity contribution is 0.250. The molecule has 0 spiro atoms. The zero-order chi connectivity index (χ0) is 12.8. The molecule has 0 heterocycles. The van der Waals surface area contributed by atoms with Crippen LogP contribution in [0.15, 0.2) is 73.3 Å². The molecule has 0 aliphatic heterocycles. The number of thiocarbonyl (C=S) groups is 1. The first-order chi connectivity index (χ1) is 8.81. The number of benzene rings is 2. The van der Waals surface area contributed by atoms with Gasteiger partial charge in [-0.2, -0.15) is 0 Å². The van der Waals surface area contributed by atoms with Crippen molar-refractivity contribution in [2.75, 3.05) is 0 Å². The summed E-state index contributed by atoms with van der Waals surface area (Å²) in [5.74, 6) is 0. The maximum absolute atomic E-state index is 5.79. The summed E-state index contributed by atoms with van der Waals surface area (Å²) in [6.07, 6.45) is 1.55. The van der Waals surface area contributed by atoms with Crippen molar-refractivity contribution in [1.29, 1.82) is 0 Å². The minimum Gasteiger partial charge on any atom is -0.471 e. The minimum absolute atomic E-state index is 0.209. The number of hydrogen-bond donors (Lipinski definition) is 0. The SMILES string of the molecule is C=CC(OC(=S)c1ccccc1)c1ccccc1. The first-order valence-electron chi connectivity index (χ1n) is 5.75. The van der Waals surface area contributed by atoms with Crippen LogP contribution in [0.5, 0.6) is 0 Å². The van der Waals surface area contributed by atoms with Crippen molar-refractivity contribution < 1.29 is 4.74 Å². The maximum atomic E-state index is 5.79. The van der Waals surface area contributed by atoms with Crippen molar-refractivity contribution in [2.45, 2.75) is 6.10 Å². The van der Waals surface area contributed by atoms with Gasteiger partial charge in [-0.3, -0.25) is 0 Å². The lowest BCUT2D eigenvalue weighted by Gasteiger charge is -2.16. The average molecular weight is 254 g/mol. The van der Waals surface area contributed by atoms with Crippen LogP contribution in [0.3, 0.4) is 0 Å². The van der Waals surface area contributed by atoms with Gasteiger partial charge in [0.25, 0.3) is 0 Å². The molecule has 0 N–H and O–H groups in total. The molecule has 0 saturated heterocycles. The summed E-state index contributed by atoms with van der Waals surface area (Å²) in [7, 11) is 0. The Bertz CT molecular complexity index is 519. The highest BCUT2D eigenvalue weighted by atomic mass is 32.1. The molecule has 0 fully saturated rings. The molecule has 2 heteroatoms. The summed E-state index contributed by atoms with van der Waals surface area (Å²) in [4.78, 5) is 0. The Labute approximate surface area is 113 Å². The van der Waals surface area contributed by atoms with E-state index in [0.717, 1.165) is 11.1 Å². The Hall–Kier alpha value is -1.93. The third kappa shape index (κ3) is 3.05. The second-order valence-electron chi connectivity index (χ2n) is 3.84. The van der Waals surface area contributed by atoms with Gasteiger partial charge in [0.05, 0.1) is 0 Å². The van der Waals surface area contributed by atoms with Crippen LogP contribution in [0, 0.1) is 0 Å². The van der Waals surface area contributed by atoms with Crippen LogP contribution in [0.1, 0.15) is 17.2 Å². The Kier molecular flexibility index (Phi) is 4.26. The second-order valence-corrected chi connectivity index (χ2v) is 4.21. The zero-order valence-corrected chi connectivity index (χ0v) is 10.8. The molecule has 0 aliphatic carbocycles. The monoisotopic (exact) mass is 254 g/mol. The first kappa shape index (κ1) is 12.5. The molecule has 1 unspecified atom stereocenters. The molecule has 0 saturated carbocycles. The lowest BCUT2D eigenvalue weighted by Crippen LogP contribution is -2.08. The predicted octanol–water partition coefficient (Wildman–Crippen LogP) is 4.31. The van der Waals surface area contributed by atoms with Gasteiger partial charge in [0.2, 0.25) is 0 Å². The van der Waals surface area contributed by atoms with Gasteiger partial charge >= 0.3 is 0 Å². The van der Waals surface area contributed by atoms with Crippen LogP contribution in [-0.2, 0) is 4.74 Å². The van der Waals surface area contributed by atoms with Gasteiger partial charge < -0.3 is 4.74 Å². The zero-order valence-electron chi connectivity index (χ0n) is 9.95. The fourth-order valence-electron chi connectivity index (χ4n) is 1.65. The fraction of sp³-hybridized carbons (Fsp3) is 0.0625. The molecule has 90 valence electrons. The molecule has 2 aromatic rings. The van der Waals surface area contributed by atoms with E-state index in [1.54, 1.807) is 6.08 Å². The summed E-state index contributed by atoms with van der Waals surface area (Å²) in [6, 6.07) is 19.6. The molecule has 2 aromatic carbocycles. The summed E-state index contributed by atoms with van der Waals surface area (Å²) < 4.78 is 5.79. The molecule has 0 aliphatic rings. The molecule has 0 radical (unpaired) electrons. The largest absolute Gasteiger partial charge is 0.471 e. The van der Waals surface area contributed by atoms with Gasteiger partial charge in [0, 0.05) is 5.56 Å². The van der Waals surface area contributed by atoms with Gasteiger partial charge in [-0.15, -0.1) is 0 Å². The van der Waals surface area contributed by atoms with Crippen molar-refractivity contribution in [2.24, 2.45) is 0 Å². The smallest absolute Gasteiger partial charge is 0.192 e. The van der Waals surface area contributed by atoms with Crippen LogP contribution in [0.25, 0.3) is 0 Å². The van der Waals surface area contributed by atoms with E-state index in [1.807, 2.05) is 60.7 Å². The standard InChI is InChI=1S/C16H14OS/c1-2-15(13-9-5-3-6-10-13)17-16(18)14-11-7-4-8-12-14/h2-12,15H,1H2. The van der Waals surface area contributed by atoms with E-state index in [2.05, 4.69) is 6.58 Å². The quantitative estimate of drug-likeness (QED) is 0.594. The molecule has 0 bridgehead atoms. The van der Waals surface area contributed by atoms with Crippen molar-refractivity contribution in [3.63, 3.8) is 0 Å². The summed E-state index contributed by atoms with van der Waals surface area (Å²) in [5, 5.41) is 0.490. The Morgan fingerprint density at radius 2 is 1.56 bits per heavy atom.